The van der Waals surface area contributed by atoms with Crippen LogP contribution in [0.1, 0.15) is 52.5 Å². The van der Waals surface area contributed by atoms with E-state index in [1.807, 2.05) is 32.3 Å². The zero-order valence-corrected chi connectivity index (χ0v) is 23.1. The fourth-order valence-corrected chi connectivity index (χ4v) is 4.11. The summed E-state index contributed by atoms with van der Waals surface area (Å²) < 4.78 is 35.4. The summed E-state index contributed by atoms with van der Waals surface area (Å²) in [6, 6.07) is 9.50. The molecule has 0 fully saturated rings. The number of hydrogen-bond acceptors (Lipinski definition) is 5. The number of Topliss-reactive ketones (excluding diaryl/α,β-unsaturated/α-hetero) is 1. The number of carbonyl (C=O) groups is 2. The van der Waals surface area contributed by atoms with Gasteiger partial charge in [0.15, 0.2) is 5.78 Å². The maximum atomic E-state index is 13.0. The third-order valence-electron chi connectivity index (χ3n) is 6.02. The Morgan fingerprint density at radius 3 is 2.51 bits per heavy atom. The summed E-state index contributed by atoms with van der Waals surface area (Å²) in [6.07, 6.45) is 3.90. The van der Waals surface area contributed by atoms with E-state index in [4.69, 9.17) is 4.74 Å². The Bertz CT molecular complexity index is 1170. The number of carbonyl (C=O) groups excluding carboxylic acids is 2. The Hall–Kier alpha value is -2.83. The molecule has 0 aliphatic heterocycles. The highest BCUT2D eigenvalue weighted by Crippen LogP contribution is 2.27. The number of ether oxygens (including phenoxy) is 2. The summed E-state index contributed by atoms with van der Waals surface area (Å²) in [5.74, 6) is -3.29. The fourth-order valence-electron chi connectivity index (χ4n) is 3.98. The van der Waals surface area contributed by atoms with E-state index in [1.165, 1.54) is 33.5 Å². The van der Waals surface area contributed by atoms with Crippen LogP contribution in [0.3, 0.4) is 0 Å². The van der Waals surface area contributed by atoms with Gasteiger partial charge in [0, 0.05) is 51.0 Å². The van der Waals surface area contributed by atoms with Crippen molar-refractivity contribution in [2.24, 2.45) is 5.92 Å². The minimum atomic E-state index is -3.35. The Labute approximate surface area is 219 Å². The van der Waals surface area contributed by atoms with Gasteiger partial charge in [-0.15, -0.1) is 0 Å². The molecule has 6 nitrogen and oxygen atoms in total. The van der Waals surface area contributed by atoms with Crippen molar-refractivity contribution in [1.29, 1.82) is 0 Å². The van der Waals surface area contributed by atoms with Gasteiger partial charge in [-0.25, -0.2) is 0 Å². The normalized spacial score (nSPS) is 12.8. The van der Waals surface area contributed by atoms with Crippen LogP contribution in [0.5, 0.6) is 5.75 Å². The third kappa shape index (κ3) is 10.2. The monoisotopic (exact) mass is 534 g/mol. The predicted octanol–water partition coefficient (Wildman–Crippen LogP) is 3.94. The van der Waals surface area contributed by atoms with Gasteiger partial charge in [0.2, 0.25) is 0 Å². The number of nitrogens with zero attached hydrogens (tertiary/aromatic N) is 1. The lowest BCUT2D eigenvalue weighted by Crippen LogP contribution is -2.33. The molecule has 0 saturated heterocycles. The van der Waals surface area contributed by atoms with Crippen molar-refractivity contribution in [2.75, 3.05) is 33.9 Å². The van der Waals surface area contributed by atoms with Gasteiger partial charge in [0.1, 0.15) is 5.75 Å². The average molecular weight is 535 g/mol. The van der Waals surface area contributed by atoms with Crippen LogP contribution in [-0.2, 0) is 4.74 Å². The second kappa shape index (κ2) is 14.2. The first-order valence-electron chi connectivity index (χ1n) is 12.2. The number of halogens is 2. The summed E-state index contributed by atoms with van der Waals surface area (Å²) >= 11 is 0. The van der Waals surface area contributed by atoms with Crippen molar-refractivity contribution < 1.29 is 27.8 Å². The van der Waals surface area contributed by atoms with Gasteiger partial charge < -0.3 is 19.7 Å². The molecule has 0 radical (unpaired) electrons. The number of aryl methyl sites for hydroxylation is 1. The molecule has 2 unspecified atom stereocenters. The van der Waals surface area contributed by atoms with Gasteiger partial charge >= 0.3 is 5.85 Å². The number of alkyl halides is 2. The van der Waals surface area contributed by atoms with Gasteiger partial charge in [-0.05, 0) is 74.8 Å². The van der Waals surface area contributed by atoms with Crippen LogP contribution < -0.4 is 20.5 Å². The van der Waals surface area contributed by atoms with Crippen molar-refractivity contribution in [3.63, 3.8) is 0 Å². The highest BCUT2D eigenvalue weighted by atomic mass is 31.0. The minimum Gasteiger partial charge on any atom is -0.430 e. The fraction of sp³-hybridized carbons (Fsp3) is 0.429. The molecule has 0 bridgehead atoms. The summed E-state index contributed by atoms with van der Waals surface area (Å²) in [5, 5.41) is 4.53. The molecule has 0 aliphatic rings. The molecular formula is C28H37F2N2O4P. The summed E-state index contributed by atoms with van der Waals surface area (Å²) in [6.45, 7) is 9.69. The van der Waals surface area contributed by atoms with E-state index >= 15 is 0 Å². The van der Waals surface area contributed by atoms with E-state index in [-0.39, 0.29) is 23.4 Å². The third-order valence-corrected chi connectivity index (χ3v) is 6.13. The van der Waals surface area contributed by atoms with Gasteiger partial charge in [-0.3, -0.25) is 9.59 Å². The molecule has 1 N–H and O–H groups in total. The standard InChI is InChI=1S/C28H37F2N2O4P/c1-6-21(7-12-26(33)22-8-10-24(11-9-22)36-28(29,30)37)17-32(4)18-23-16-25(20(3)15-19(23)2)27(34)31-13-14-35-5/h8-11,15-16,18,21H,2,6-7,12-14,17,37H2,1,3-5H3,(H,31,34)/b23-18-. The summed E-state index contributed by atoms with van der Waals surface area (Å²) in [7, 11) is 4.86. The molecule has 0 spiro atoms. The number of hydrogen-bond donors (Lipinski definition) is 1. The number of rotatable bonds is 14. The van der Waals surface area contributed by atoms with Crippen LogP contribution >= 0.6 is 9.24 Å². The highest BCUT2D eigenvalue weighted by Gasteiger charge is 2.23. The Kier molecular flexibility index (Phi) is 11.7. The maximum Gasteiger partial charge on any atom is 0.408 e. The first-order chi connectivity index (χ1) is 17.4. The van der Waals surface area contributed by atoms with Crippen molar-refractivity contribution in [1.82, 2.24) is 10.2 Å². The van der Waals surface area contributed by atoms with Crippen molar-refractivity contribution in [3.8, 4) is 5.75 Å². The van der Waals surface area contributed by atoms with Crippen LogP contribution in [-0.4, -0.2) is 56.3 Å². The molecule has 9 heteroatoms. The first-order valence-corrected chi connectivity index (χ1v) is 12.8. The number of nitrogens with one attached hydrogen (secondary N) is 1. The minimum absolute atomic E-state index is 0.00310. The second-order valence-electron chi connectivity index (χ2n) is 9.11. The van der Waals surface area contributed by atoms with Crippen molar-refractivity contribution in [2.45, 2.75) is 39.0 Å². The predicted molar refractivity (Wildman–Crippen MR) is 146 cm³/mol. The summed E-state index contributed by atoms with van der Waals surface area (Å²) in [4.78, 5) is 27.3. The van der Waals surface area contributed by atoms with Gasteiger partial charge in [0.25, 0.3) is 5.91 Å². The van der Waals surface area contributed by atoms with Crippen LogP contribution in [0.25, 0.3) is 12.8 Å². The van der Waals surface area contributed by atoms with Crippen molar-refractivity contribution >= 4 is 33.7 Å². The Balaban J connectivity index is 2.02. The van der Waals surface area contributed by atoms with Crippen LogP contribution in [0.4, 0.5) is 8.78 Å². The zero-order chi connectivity index (χ0) is 27.6. The molecule has 2 aromatic carbocycles. The highest BCUT2D eigenvalue weighted by molar-refractivity contribution is 7.17. The van der Waals surface area contributed by atoms with Crippen LogP contribution in [0.2, 0.25) is 0 Å². The lowest BCUT2D eigenvalue weighted by Gasteiger charge is -2.22. The van der Waals surface area contributed by atoms with Gasteiger partial charge in [0.05, 0.1) is 6.61 Å². The topological polar surface area (TPSA) is 67.9 Å². The van der Waals surface area contributed by atoms with Gasteiger partial charge in [-0.2, -0.15) is 8.78 Å². The molecule has 0 saturated carbocycles. The zero-order valence-electron chi connectivity index (χ0n) is 22.0. The molecule has 0 aromatic heterocycles. The van der Waals surface area contributed by atoms with E-state index in [0.717, 1.165) is 29.0 Å². The number of benzene rings is 2. The second-order valence-corrected chi connectivity index (χ2v) is 9.78. The average Bonchev–Trinajstić information content (AvgIpc) is 2.82. The first kappa shape index (κ1) is 30.4. The molecule has 202 valence electrons. The molecule has 37 heavy (non-hydrogen) atoms. The molecule has 2 rings (SSSR count). The van der Waals surface area contributed by atoms with Crippen LogP contribution in [0, 0.1) is 12.8 Å². The SMILES string of the molecule is C=c1cc(C)c(C(=O)NCCOC)c/c1=C/N(C)CC(CC)CCC(=O)c1ccc(OC(F)(F)P)cc1. The lowest BCUT2D eigenvalue weighted by molar-refractivity contribution is -0.0892. The lowest BCUT2D eigenvalue weighted by atomic mass is 9.96. The van der Waals surface area contributed by atoms with E-state index in [9.17, 15) is 18.4 Å². The summed E-state index contributed by atoms with van der Waals surface area (Å²) in [5.41, 5.74) is 1.91. The molecule has 2 aromatic rings. The smallest absolute Gasteiger partial charge is 0.408 e. The van der Waals surface area contributed by atoms with Crippen molar-refractivity contribution in [3.05, 3.63) is 63.5 Å². The largest absolute Gasteiger partial charge is 0.430 e. The van der Waals surface area contributed by atoms with E-state index in [0.29, 0.717) is 37.1 Å². The quantitative estimate of drug-likeness (QED) is 0.226. The number of amides is 1. The van der Waals surface area contributed by atoms with E-state index in [2.05, 4.69) is 28.5 Å². The van der Waals surface area contributed by atoms with Crippen LogP contribution in [0.15, 0.2) is 36.4 Å². The Morgan fingerprint density at radius 1 is 1.24 bits per heavy atom. The van der Waals surface area contributed by atoms with E-state index < -0.39 is 5.85 Å². The Morgan fingerprint density at radius 2 is 1.92 bits per heavy atom. The molecular weight excluding hydrogens is 497 g/mol. The van der Waals surface area contributed by atoms with Gasteiger partial charge in [-0.1, -0.05) is 26.0 Å². The molecule has 0 aliphatic carbocycles. The molecule has 1 amide bonds. The maximum absolute atomic E-state index is 13.0. The van der Waals surface area contributed by atoms with E-state index in [1.54, 1.807) is 7.11 Å². The number of methoxy groups -OCH3 is 1. The number of ketones is 1. The molecule has 0 heterocycles. The molecule has 2 atom stereocenters.